The van der Waals surface area contributed by atoms with Crippen LogP contribution in [0.15, 0.2) is 24.3 Å². The molecule has 0 aromatic heterocycles. The van der Waals surface area contributed by atoms with E-state index in [0.717, 1.165) is 36.9 Å². The van der Waals surface area contributed by atoms with E-state index in [1.54, 1.807) is 0 Å². The Kier molecular flexibility index (Phi) is 5.36. The van der Waals surface area contributed by atoms with E-state index in [4.69, 9.17) is 5.11 Å². The summed E-state index contributed by atoms with van der Waals surface area (Å²) in [6, 6.07) is 7.41. The van der Waals surface area contributed by atoms with E-state index in [1.807, 2.05) is 24.3 Å². The lowest BCUT2D eigenvalue weighted by atomic mass is 9.88. The largest absolute Gasteiger partial charge is 0.481 e. The molecule has 25 heavy (non-hydrogen) atoms. The summed E-state index contributed by atoms with van der Waals surface area (Å²) in [4.78, 5) is 35.0. The van der Waals surface area contributed by atoms with Gasteiger partial charge in [0.1, 0.15) is 0 Å². The van der Waals surface area contributed by atoms with Gasteiger partial charge in [-0.25, -0.2) is 0 Å². The average molecular weight is 344 g/mol. The molecule has 0 bridgehead atoms. The van der Waals surface area contributed by atoms with E-state index in [9.17, 15) is 14.4 Å². The number of nitrogens with one attached hydrogen (secondary N) is 2. The van der Waals surface area contributed by atoms with Gasteiger partial charge in [0.15, 0.2) is 0 Å². The predicted molar refractivity (Wildman–Crippen MR) is 92.7 cm³/mol. The van der Waals surface area contributed by atoms with Gasteiger partial charge in [0.25, 0.3) is 0 Å². The van der Waals surface area contributed by atoms with Crippen LogP contribution in [-0.4, -0.2) is 22.9 Å². The first-order valence-corrected chi connectivity index (χ1v) is 8.95. The van der Waals surface area contributed by atoms with Crippen molar-refractivity contribution in [2.24, 2.45) is 17.8 Å². The molecule has 0 spiro atoms. The molecular weight excluding hydrogens is 320 g/mol. The quantitative estimate of drug-likeness (QED) is 0.739. The van der Waals surface area contributed by atoms with Crippen LogP contribution in [0, 0.1) is 17.8 Å². The van der Waals surface area contributed by atoms with Gasteiger partial charge >= 0.3 is 5.97 Å². The number of carboxylic acids is 1. The van der Waals surface area contributed by atoms with E-state index < -0.39 is 17.8 Å². The molecule has 2 saturated carbocycles. The number of carbonyl (C=O) groups is 3. The van der Waals surface area contributed by atoms with Crippen LogP contribution in [-0.2, 0) is 20.9 Å². The highest BCUT2D eigenvalue weighted by molar-refractivity contribution is 5.92. The zero-order valence-electron chi connectivity index (χ0n) is 14.2. The second kappa shape index (κ2) is 7.68. The van der Waals surface area contributed by atoms with Crippen molar-refractivity contribution in [2.75, 3.05) is 5.32 Å². The highest BCUT2D eigenvalue weighted by Crippen LogP contribution is 2.38. The molecule has 3 rings (SSSR count). The first-order valence-electron chi connectivity index (χ1n) is 8.95. The molecule has 0 unspecified atom stereocenters. The van der Waals surface area contributed by atoms with Gasteiger partial charge in [-0.15, -0.1) is 0 Å². The number of aliphatic carboxylic acids is 1. The van der Waals surface area contributed by atoms with E-state index in [0.29, 0.717) is 13.0 Å². The van der Waals surface area contributed by atoms with Crippen molar-refractivity contribution >= 4 is 23.5 Å². The number of hydrogen-bond acceptors (Lipinski definition) is 3. The minimum atomic E-state index is -0.910. The van der Waals surface area contributed by atoms with Crippen LogP contribution in [0.25, 0.3) is 0 Å². The van der Waals surface area contributed by atoms with Gasteiger partial charge in [-0.3, -0.25) is 14.4 Å². The van der Waals surface area contributed by atoms with Crippen LogP contribution in [0.3, 0.4) is 0 Å². The number of benzene rings is 1. The number of amides is 2. The highest BCUT2D eigenvalue weighted by atomic mass is 16.4. The maximum absolute atomic E-state index is 12.3. The van der Waals surface area contributed by atoms with Crippen molar-refractivity contribution < 1.29 is 19.5 Å². The normalized spacial score (nSPS) is 22.9. The van der Waals surface area contributed by atoms with Gasteiger partial charge in [0.2, 0.25) is 11.8 Å². The van der Waals surface area contributed by atoms with E-state index in [1.165, 1.54) is 6.42 Å². The highest BCUT2D eigenvalue weighted by Gasteiger charge is 2.48. The summed E-state index contributed by atoms with van der Waals surface area (Å²) >= 11 is 0. The van der Waals surface area contributed by atoms with E-state index in [2.05, 4.69) is 10.6 Å². The molecule has 6 nitrogen and oxygen atoms in total. The lowest BCUT2D eigenvalue weighted by Gasteiger charge is -2.20. The smallest absolute Gasteiger partial charge is 0.307 e. The van der Waals surface area contributed by atoms with Gasteiger partial charge in [0, 0.05) is 18.2 Å². The Labute approximate surface area is 147 Å². The van der Waals surface area contributed by atoms with Crippen LogP contribution in [0.2, 0.25) is 0 Å². The molecule has 0 radical (unpaired) electrons. The van der Waals surface area contributed by atoms with Crippen molar-refractivity contribution in [2.45, 2.75) is 45.1 Å². The molecule has 0 aliphatic heterocycles. The summed E-state index contributed by atoms with van der Waals surface area (Å²) in [5.74, 6) is -1.91. The molecular formula is C19H24N2O4. The average Bonchev–Trinajstić information content (AvgIpc) is 3.42. The summed E-state index contributed by atoms with van der Waals surface area (Å²) in [7, 11) is 0. The molecule has 2 aliphatic carbocycles. The Hall–Kier alpha value is -2.37. The van der Waals surface area contributed by atoms with Crippen molar-refractivity contribution in [1.82, 2.24) is 5.32 Å². The molecule has 2 amide bonds. The topological polar surface area (TPSA) is 95.5 Å². The SMILES string of the molecule is O=C(Nc1cccc(CNC(=O)[C@@H]2C[C@H]2C(=O)O)c1)C1CCCCC1. The Balaban J connectivity index is 1.50. The predicted octanol–water partition coefficient (Wildman–Crippen LogP) is 2.54. The van der Waals surface area contributed by atoms with Crippen molar-refractivity contribution in [1.29, 1.82) is 0 Å². The van der Waals surface area contributed by atoms with Crippen molar-refractivity contribution in [3.8, 4) is 0 Å². The molecule has 3 N–H and O–H groups in total. The molecule has 2 atom stereocenters. The zero-order valence-corrected chi connectivity index (χ0v) is 14.2. The van der Waals surface area contributed by atoms with E-state index in [-0.39, 0.29) is 17.7 Å². The second-order valence-electron chi connectivity index (χ2n) is 7.03. The maximum atomic E-state index is 12.3. The van der Waals surface area contributed by atoms with Gasteiger partial charge in [0.05, 0.1) is 11.8 Å². The summed E-state index contributed by atoms with van der Waals surface area (Å²) in [5.41, 5.74) is 1.61. The fraction of sp³-hybridized carbons (Fsp3) is 0.526. The zero-order chi connectivity index (χ0) is 17.8. The van der Waals surface area contributed by atoms with Crippen LogP contribution in [0.1, 0.15) is 44.1 Å². The summed E-state index contributed by atoms with van der Waals surface area (Å²) < 4.78 is 0. The standard InChI is InChI=1S/C19H24N2O4/c22-17(13-6-2-1-3-7-13)21-14-8-4-5-12(9-14)11-20-18(23)15-10-16(15)19(24)25/h4-5,8-9,13,15-16H,1-3,6-7,10-11H2,(H,20,23)(H,21,22)(H,24,25)/t15-,16-/m1/s1. The van der Waals surface area contributed by atoms with Crippen molar-refractivity contribution in [3.63, 3.8) is 0 Å². The molecule has 2 aliphatic rings. The molecule has 2 fully saturated rings. The third-order valence-corrected chi connectivity index (χ3v) is 5.08. The minimum absolute atomic E-state index is 0.0724. The lowest BCUT2D eigenvalue weighted by molar-refractivity contribution is -0.140. The molecule has 134 valence electrons. The van der Waals surface area contributed by atoms with Gasteiger partial charge in [-0.2, -0.15) is 0 Å². The number of carbonyl (C=O) groups excluding carboxylic acids is 2. The van der Waals surface area contributed by atoms with E-state index >= 15 is 0 Å². The fourth-order valence-corrected chi connectivity index (χ4v) is 3.45. The van der Waals surface area contributed by atoms with Crippen LogP contribution >= 0.6 is 0 Å². The summed E-state index contributed by atoms with van der Waals surface area (Å²) in [6.07, 6.45) is 5.76. The summed E-state index contributed by atoms with van der Waals surface area (Å²) in [5, 5.41) is 14.6. The third kappa shape index (κ3) is 4.59. The van der Waals surface area contributed by atoms with Gasteiger partial charge in [-0.05, 0) is 37.0 Å². The van der Waals surface area contributed by atoms with Crippen LogP contribution in [0.4, 0.5) is 5.69 Å². The number of anilines is 1. The molecule has 0 heterocycles. The lowest BCUT2D eigenvalue weighted by Crippen LogP contribution is -2.26. The fourth-order valence-electron chi connectivity index (χ4n) is 3.45. The van der Waals surface area contributed by atoms with Crippen molar-refractivity contribution in [3.05, 3.63) is 29.8 Å². The number of carboxylic acid groups (broad SMARTS) is 1. The second-order valence-corrected chi connectivity index (χ2v) is 7.03. The number of hydrogen-bond donors (Lipinski definition) is 3. The Morgan fingerprint density at radius 1 is 1.04 bits per heavy atom. The first-order chi connectivity index (χ1) is 12.0. The first kappa shape index (κ1) is 17.5. The Morgan fingerprint density at radius 3 is 2.48 bits per heavy atom. The Morgan fingerprint density at radius 2 is 1.80 bits per heavy atom. The number of rotatable bonds is 6. The minimum Gasteiger partial charge on any atom is -0.481 e. The maximum Gasteiger partial charge on any atom is 0.307 e. The summed E-state index contributed by atoms with van der Waals surface area (Å²) in [6.45, 7) is 0.328. The molecule has 6 heteroatoms. The van der Waals surface area contributed by atoms with Gasteiger partial charge in [-0.1, -0.05) is 31.4 Å². The van der Waals surface area contributed by atoms with Crippen LogP contribution < -0.4 is 10.6 Å². The molecule has 1 aromatic carbocycles. The third-order valence-electron chi connectivity index (χ3n) is 5.08. The van der Waals surface area contributed by atoms with Gasteiger partial charge < -0.3 is 15.7 Å². The van der Waals surface area contributed by atoms with Crippen LogP contribution in [0.5, 0.6) is 0 Å². The Bertz CT molecular complexity index is 667. The monoisotopic (exact) mass is 344 g/mol. The molecule has 1 aromatic rings. The molecule has 0 saturated heterocycles.